The fraction of sp³-hybridized carbons (Fsp3) is 0.692. The Labute approximate surface area is 110 Å². The van der Waals surface area contributed by atoms with Gasteiger partial charge in [0.25, 0.3) is 0 Å². The van der Waals surface area contributed by atoms with E-state index in [9.17, 15) is 0 Å². The average molecular weight is 251 g/mol. The highest BCUT2D eigenvalue weighted by Crippen LogP contribution is 2.16. The van der Waals surface area contributed by atoms with E-state index in [1.165, 1.54) is 0 Å². The zero-order valence-corrected chi connectivity index (χ0v) is 11.8. The predicted molar refractivity (Wildman–Crippen MR) is 76.4 cm³/mol. The summed E-state index contributed by atoms with van der Waals surface area (Å²) in [5.74, 6) is 8.34. The van der Waals surface area contributed by atoms with Crippen LogP contribution < -0.4 is 16.6 Å². The Kier molecular flexibility index (Phi) is 5.85. The molecule has 1 rings (SSSR count). The highest BCUT2D eigenvalue weighted by atomic mass is 15.3. The molecule has 5 heteroatoms. The molecule has 0 bridgehead atoms. The van der Waals surface area contributed by atoms with Crippen LogP contribution in [0.25, 0.3) is 0 Å². The van der Waals surface area contributed by atoms with Crippen molar-refractivity contribution in [3.05, 3.63) is 11.9 Å². The molecule has 5 nitrogen and oxygen atoms in total. The van der Waals surface area contributed by atoms with Crippen LogP contribution in [0.2, 0.25) is 0 Å². The van der Waals surface area contributed by atoms with E-state index in [0.29, 0.717) is 17.8 Å². The van der Waals surface area contributed by atoms with Gasteiger partial charge in [0.2, 0.25) is 0 Å². The first-order valence-electron chi connectivity index (χ1n) is 6.71. The van der Waals surface area contributed by atoms with E-state index >= 15 is 0 Å². The van der Waals surface area contributed by atoms with Crippen LogP contribution in [-0.4, -0.2) is 16.0 Å². The van der Waals surface area contributed by atoms with Gasteiger partial charge in [-0.15, -0.1) is 0 Å². The van der Waals surface area contributed by atoms with Gasteiger partial charge in [-0.3, -0.25) is 0 Å². The number of hydrazine groups is 1. The average Bonchev–Trinajstić information content (AvgIpc) is 2.35. The van der Waals surface area contributed by atoms with Crippen LogP contribution in [0, 0.1) is 5.92 Å². The molecule has 18 heavy (non-hydrogen) atoms. The SMILES string of the molecule is CCCc1nc(NN)cc(NC(CC)C(C)C)n1. The van der Waals surface area contributed by atoms with Crippen molar-refractivity contribution in [2.24, 2.45) is 11.8 Å². The van der Waals surface area contributed by atoms with Gasteiger partial charge in [-0.05, 0) is 18.8 Å². The monoisotopic (exact) mass is 251 g/mol. The normalized spacial score (nSPS) is 12.6. The molecule has 0 aliphatic carbocycles. The summed E-state index contributed by atoms with van der Waals surface area (Å²) in [6.45, 7) is 8.70. The minimum Gasteiger partial charge on any atom is -0.367 e. The first-order chi connectivity index (χ1) is 8.60. The fourth-order valence-electron chi connectivity index (χ4n) is 1.91. The van der Waals surface area contributed by atoms with E-state index in [-0.39, 0.29) is 0 Å². The molecule has 0 radical (unpaired) electrons. The molecule has 1 aromatic rings. The largest absolute Gasteiger partial charge is 0.367 e. The molecular formula is C13H25N5. The molecule has 0 aliphatic heterocycles. The van der Waals surface area contributed by atoms with E-state index < -0.39 is 0 Å². The minimum atomic E-state index is 0.417. The summed E-state index contributed by atoms with van der Waals surface area (Å²) in [5.41, 5.74) is 2.60. The lowest BCUT2D eigenvalue weighted by Crippen LogP contribution is -2.25. The molecule has 1 unspecified atom stereocenters. The Hall–Kier alpha value is -1.36. The molecule has 1 aromatic heterocycles. The molecule has 1 heterocycles. The van der Waals surface area contributed by atoms with Crippen LogP contribution in [0.15, 0.2) is 6.07 Å². The molecule has 102 valence electrons. The number of nitrogens with two attached hydrogens (primary N) is 1. The van der Waals surface area contributed by atoms with Gasteiger partial charge < -0.3 is 10.7 Å². The number of hydrogen-bond acceptors (Lipinski definition) is 5. The fourth-order valence-corrected chi connectivity index (χ4v) is 1.91. The number of nitrogen functional groups attached to an aromatic ring is 1. The van der Waals surface area contributed by atoms with Gasteiger partial charge in [0.05, 0.1) is 0 Å². The Morgan fingerprint density at radius 3 is 2.39 bits per heavy atom. The Morgan fingerprint density at radius 2 is 1.89 bits per heavy atom. The van der Waals surface area contributed by atoms with Crippen molar-refractivity contribution >= 4 is 11.6 Å². The van der Waals surface area contributed by atoms with E-state index in [0.717, 1.165) is 30.9 Å². The van der Waals surface area contributed by atoms with Gasteiger partial charge in [-0.25, -0.2) is 15.8 Å². The number of aromatic nitrogens is 2. The number of rotatable bonds is 7. The third-order valence-corrected chi connectivity index (χ3v) is 2.97. The summed E-state index contributed by atoms with van der Waals surface area (Å²) >= 11 is 0. The van der Waals surface area contributed by atoms with Crippen molar-refractivity contribution in [2.45, 2.75) is 53.0 Å². The number of anilines is 2. The summed E-state index contributed by atoms with van der Waals surface area (Å²) in [7, 11) is 0. The highest BCUT2D eigenvalue weighted by Gasteiger charge is 2.12. The molecule has 0 fully saturated rings. The second-order valence-corrected chi connectivity index (χ2v) is 4.85. The quantitative estimate of drug-likeness (QED) is 0.513. The Bertz CT molecular complexity index is 364. The minimum absolute atomic E-state index is 0.417. The van der Waals surface area contributed by atoms with Crippen molar-refractivity contribution in [2.75, 3.05) is 10.7 Å². The van der Waals surface area contributed by atoms with Gasteiger partial charge in [0, 0.05) is 18.5 Å². The van der Waals surface area contributed by atoms with E-state index in [4.69, 9.17) is 5.84 Å². The molecule has 4 N–H and O–H groups in total. The maximum atomic E-state index is 5.44. The van der Waals surface area contributed by atoms with Gasteiger partial charge in [-0.1, -0.05) is 27.7 Å². The van der Waals surface area contributed by atoms with E-state index in [1.54, 1.807) is 0 Å². The first kappa shape index (κ1) is 14.7. The first-order valence-corrected chi connectivity index (χ1v) is 6.71. The molecular weight excluding hydrogens is 226 g/mol. The molecule has 1 atom stereocenters. The third kappa shape index (κ3) is 4.14. The lowest BCUT2D eigenvalue weighted by atomic mass is 10.0. The van der Waals surface area contributed by atoms with Crippen LogP contribution in [0.1, 0.15) is 46.4 Å². The van der Waals surface area contributed by atoms with Gasteiger partial charge in [0.1, 0.15) is 17.5 Å². The lowest BCUT2D eigenvalue weighted by Gasteiger charge is -2.21. The zero-order chi connectivity index (χ0) is 13.5. The summed E-state index contributed by atoms with van der Waals surface area (Å²) in [6.07, 6.45) is 2.95. The van der Waals surface area contributed by atoms with Crippen LogP contribution >= 0.6 is 0 Å². The van der Waals surface area contributed by atoms with Crippen LogP contribution in [0.3, 0.4) is 0 Å². The van der Waals surface area contributed by atoms with Crippen LogP contribution in [0.5, 0.6) is 0 Å². The summed E-state index contributed by atoms with van der Waals surface area (Å²) in [6, 6.07) is 2.27. The standard InChI is InChI=1S/C13H25N5/c1-5-7-11-16-12(8-13(17-11)18-14)15-10(6-2)9(3)4/h8-10H,5-7,14H2,1-4H3,(H2,15,16,17,18). The third-order valence-electron chi connectivity index (χ3n) is 2.97. The van der Waals surface area contributed by atoms with Crippen molar-refractivity contribution in [1.82, 2.24) is 9.97 Å². The summed E-state index contributed by atoms with van der Waals surface area (Å²) in [4.78, 5) is 8.86. The predicted octanol–water partition coefficient (Wildman–Crippen LogP) is 2.56. The van der Waals surface area contributed by atoms with Gasteiger partial charge in [-0.2, -0.15) is 0 Å². The number of hydrogen-bond donors (Lipinski definition) is 3. The Balaban J connectivity index is 2.89. The molecule has 0 saturated carbocycles. The lowest BCUT2D eigenvalue weighted by molar-refractivity contribution is 0.509. The smallest absolute Gasteiger partial charge is 0.145 e. The maximum absolute atomic E-state index is 5.44. The van der Waals surface area contributed by atoms with Crippen LogP contribution in [0.4, 0.5) is 11.6 Å². The highest BCUT2D eigenvalue weighted by molar-refractivity contribution is 5.47. The van der Waals surface area contributed by atoms with Crippen LogP contribution in [-0.2, 0) is 6.42 Å². The maximum Gasteiger partial charge on any atom is 0.145 e. The summed E-state index contributed by atoms with van der Waals surface area (Å²) in [5, 5.41) is 3.45. The second-order valence-electron chi connectivity index (χ2n) is 4.85. The number of aryl methyl sites for hydroxylation is 1. The van der Waals surface area contributed by atoms with E-state index in [2.05, 4.69) is 48.4 Å². The second kappa shape index (κ2) is 7.16. The summed E-state index contributed by atoms with van der Waals surface area (Å²) < 4.78 is 0. The molecule has 0 amide bonds. The number of nitrogens with zero attached hydrogens (tertiary/aromatic N) is 2. The van der Waals surface area contributed by atoms with E-state index in [1.807, 2.05) is 6.07 Å². The topological polar surface area (TPSA) is 75.9 Å². The molecule has 0 saturated heterocycles. The van der Waals surface area contributed by atoms with Gasteiger partial charge >= 0.3 is 0 Å². The molecule has 0 aliphatic rings. The van der Waals surface area contributed by atoms with Gasteiger partial charge in [0.15, 0.2) is 0 Å². The van der Waals surface area contributed by atoms with Crippen molar-refractivity contribution in [3.8, 4) is 0 Å². The van der Waals surface area contributed by atoms with Crippen molar-refractivity contribution in [1.29, 1.82) is 0 Å². The molecule has 0 spiro atoms. The Morgan fingerprint density at radius 1 is 1.22 bits per heavy atom. The van der Waals surface area contributed by atoms with Crippen molar-refractivity contribution in [3.63, 3.8) is 0 Å². The molecule has 0 aromatic carbocycles. The number of nitrogens with one attached hydrogen (secondary N) is 2. The zero-order valence-electron chi connectivity index (χ0n) is 11.8. The van der Waals surface area contributed by atoms with Crippen molar-refractivity contribution < 1.29 is 0 Å².